The van der Waals surface area contributed by atoms with E-state index in [1.165, 1.54) is 11.1 Å². The van der Waals surface area contributed by atoms with Crippen LogP contribution in [0.1, 0.15) is 43.9 Å². The average molecular weight is 429 g/mol. The fourth-order valence-corrected chi connectivity index (χ4v) is 3.78. The third-order valence-electron chi connectivity index (χ3n) is 6.19. The van der Waals surface area contributed by atoms with E-state index < -0.39 is 0 Å². The number of likely N-dealkylation sites (N-methyl/N-ethyl adjacent to an activating group) is 1. The summed E-state index contributed by atoms with van der Waals surface area (Å²) in [5.41, 5.74) is 4.72. The van der Waals surface area contributed by atoms with E-state index in [1.807, 2.05) is 18.6 Å². The van der Waals surface area contributed by atoms with Crippen molar-refractivity contribution < 1.29 is 0 Å². The third kappa shape index (κ3) is 6.61. The highest BCUT2D eigenvalue weighted by atomic mass is 15.2. The lowest BCUT2D eigenvalue weighted by atomic mass is 9.99. The zero-order valence-electron chi connectivity index (χ0n) is 19.7. The molecule has 1 N–H and O–H groups in total. The normalized spacial score (nSPS) is 12.7. The lowest BCUT2D eigenvalue weighted by Gasteiger charge is -2.29. The van der Waals surface area contributed by atoms with Gasteiger partial charge in [0.15, 0.2) is 0 Å². The summed E-state index contributed by atoms with van der Waals surface area (Å²) in [5.74, 6) is 1.22. The van der Waals surface area contributed by atoms with Crippen molar-refractivity contribution in [3.8, 4) is 0 Å². The van der Waals surface area contributed by atoms with Gasteiger partial charge in [0.25, 0.3) is 0 Å². The summed E-state index contributed by atoms with van der Waals surface area (Å²) >= 11 is 0. The number of allylic oxidation sites excluding steroid dienone is 2. The van der Waals surface area contributed by atoms with E-state index in [9.17, 15) is 0 Å². The number of anilines is 1. The molecule has 0 aliphatic rings. The summed E-state index contributed by atoms with van der Waals surface area (Å²) < 4.78 is 2.06. The maximum Gasteiger partial charge on any atom is 0.148 e. The Morgan fingerprint density at radius 1 is 1.03 bits per heavy atom. The smallest absolute Gasteiger partial charge is 0.148 e. The first-order valence-electron chi connectivity index (χ1n) is 11.4. The molecule has 0 fully saturated rings. The molecule has 0 aliphatic heterocycles. The number of rotatable bonds is 12. The maximum absolute atomic E-state index is 4.51. The van der Waals surface area contributed by atoms with Crippen molar-refractivity contribution in [2.75, 3.05) is 12.4 Å². The number of nitrogens with zero attached hydrogens (tertiary/aromatic N) is 3. The van der Waals surface area contributed by atoms with Crippen LogP contribution in [0.25, 0.3) is 0 Å². The molecule has 168 valence electrons. The second-order valence-electron chi connectivity index (χ2n) is 8.62. The Balaban J connectivity index is 1.46. The second kappa shape index (κ2) is 11.4. The number of aromatic nitrogens is 2. The molecule has 1 aromatic heterocycles. The van der Waals surface area contributed by atoms with Crippen molar-refractivity contribution in [1.29, 1.82) is 0 Å². The summed E-state index contributed by atoms with van der Waals surface area (Å²) in [7, 11) is 2.09. The molecule has 0 spiro atoms. The molecule has 0 saturated carbocycles. The van der Waals surface area contributed by atoms with Gasteiger partial charge in [0.2, 0.25) is 0 Å². The summed E-state index contributed by atoms with van der Waals surface area (Å²) in [6, 6.07) is 21.4. The van der Waals surface area contributed by atoms with E-state index in [-0.39, 0.29) is 6.04 Å². The van der Waals surface area contributed by atoms with Crippen LogP contribution < -0.4 is 5.32 Å². The first-order valence-corrected chi connectivity index (χ1v) is 11.4. The molecule has 3 rings (SSSR count). The van der Waals surface area contributed by atoms with Gasteiger partial charge in [-0.15, -0.1) is 0 Å². The van der Waals surface area contributed by atoms with Gasteiger partial charge in [-0.25, -0.2) is 4.98 Å². The van der Waals surface area contributed by atoms with Crippen LogP contribution in [0.15, 0.2) is 97.7 Å². The lowest BCUT2D eigenvalue weighted by molar-refractivity contribution is 0.314. The number of hydrogen-bond donors (Lipinski definition) is 1. The molecular weight excluding hydrogens is 392 g/mol. The van der Waals surface area contributed by atoms with Crippen molar-refractivity contribution in [2.45, 2.75) is 45.7 Å². The fraction of sp³-hybridized carbons (Fsp3) is 0.321. The third-order valence-corrected chi connectivity index (χ3v) is 6.19. The molecule has 1 unspecified atom stereocenters. The molecule has 0 saturated heterocycles. The monoisotopic (exact) mass is 428 g/mol. The number of imidazole rings is 1. The Bertz CT molecular complexity index is 991. The fourth-order valence-electron chi connectivity index (χ4n) is 3.78. The van der Waals surface area contributed by atoms with Crippen LogP contribution in [-0.4, -0.2) is 21.5 Å². The Morgan fingerprint density at radius 3 is 2.38 bits per heavy atom. The van der Waals surface area contributed by atoms with Gasteiger partial charge in [-0.05, 0) is 43.2 Å². The van der Waals surface area contributed by atoms with Gasteiger partial charge >= 0.3 is 0 Å². The lowest BCUT2D eigenvalue weighted by Crippen LogP contribution is -2.23. The first kappa shape index (κ1) is 23.4. The van der Waals surface area contributed by atoms with E-state index in [0.29, 0.717) is 12.5 Å². The van der Waals surface area contributed by atoms with Crippen LogP contribution >= 0.6 is 0 Å². The summed E-state index contributed by atoms with van der Waals surface area (Å²) in [4.78, 5) is 6.73. The molecule has 2 atom stereocenters. The topological polar surface area (TPSA) is 33.1 Å². The Morgan fingerprint density at radius 2 is 1.69 bits per heavy atom. The van der Waals surface area contributed by atoms with Crippen molar-refractivity contribution in [3.63, 3.8) is 0 Å². The van der Waals surface area contributed by atoms with Crippen LogP contribution in [0.2, 0.25) is 0 Å². The Hall–Kier alpha value is -3.27. The van der Waals surface area contributed by atoms with Crippen molar-refractivity contribution in [3.05, 3.63) is 109 Å². The van der Waals surface area contributed by atoms with E-state index in [0.717, 1.165) is 36.5 Å². The standard InChI is InChI=1S/C28H36N4/c1-22(13-12-16-26-14-8-6-9-15-26)24(3)30-28-20-32(21-29-28)19-23(2)31(5)25(4)27-17-10-7-11-18-27/h6-11,14-15,17-18,20-22,25,30H,2-3,12-13,16,19H2,1,4-5H3/t22?,25-/m0/s1. The van der Waals surface area contributed by atoms with E-state index in [4.69, 9.17) is 0 Å². The molecular formula is C28H36N4. The molecule has 0 bridgehead atoms. The van der Waals surface area contributed by atoms with Gasteiger partial charge in [-0.3, -0.25) is 0 Å². The van der Waals surface area contributed by atoms with Gasteiger partial charge in [0, 0.05) is 24.6 Å². The molecule has 0 aliphatic carbocycles. The molecule has 2 aromatic carbocycles. The van der Waals surface area contributed by atoms with Crippen LogP contribution in [-0.2, 0) is 13.0 Å². The predicted octanol–water partition coefficient (Wildman–Crippen LogP) is 6.67. The van der Waals surface area contributed by atoms with Crippen LogP contribution in [0.3, 0.4) is 0 Å². The molecule has 4 nitrogen and oxygen atoms in total. The van der Waals surface area contributed by atoms with E-state index in [1.54, 1.807) is 0 Å². The van der Waals surface area contributed by atoms with Gasteiger partial charge in [-0.1, -0.05) is 80.7 Å². The highest BCUT2D eigenvalue weighted by Crippen LogP contribution is 2.23. The van der Waals surface area contributed by atoms with E-state index >= 15 is 0 Å². The SMILES string of the molecule is C=C(Nc1cn(CC(=C)N(C)[C@@H](C)c2ccccc2)cn1)C(C)CCCc1ccccc1. The number of nitrogens with one attached hydrogen (secondary N) is 1. The minimum atomic E-state index is 0.265. The number of benzene rings is 2. The number of hydrogen-bond acceptors (Lipinski definition) is 3. The van der Waals surface area contributed by atoms with Crippen LogP contribution in [0, 0.1) is 5.92 Å². The van der Waals surface area contributed by atoms with Gasteiger partial charge in [-0.2, -0.15) is 0 Å². The highest BCUT2D eigenvalue weighted by Gasteiger charge is 2.14. The van der Waals surface area contributed by atoms with Gasteiger partial charge in [0.05, 0.1) is 18.9 Å². The molecule has 3 aromatic rings. The van der Waals surface area contributed by atoms with Gasteiger partial charge in [0.1, 0.15) is 5.82 Å². The molecule has 1 heterocycles. The van der Waals surface area contributed by atoms with Crippen LogP contribution in [0.5, 0.6) is 0 Å². The Labute approximate surface area is 193 Å². The largest absolute Gasteiger partial charge is 0.370 e. The van der Waals surface area contributed by atoms with E-state index in [2.05, 4.69) is 108 Å². The molecule has 4 heteroatoms. The predicted molar refractivity (Wildman–Crippen MR) is 135 cm³/mol. The minimum Gasteiger partial charge on any atom is -0.370 e. The Kier molecular flexibility index (Phi) is 8.32. The zero-order chi connectivity index (χ0) is 22.9. The minimum absolute atomic E-state index is 0.265. The van der Waals surface area contributed by atoms with Crippen molar-refractivity contribution >= 4 is 5.82 Å². The quantitative estimate of drug-likeness (QED) is 0.349. The molecule has 0 radical (unpaired) electrons. The highest BCUT2D eigenvalue weighted by molar-refractivity contribution is 5.39. The zero-order valence-corrected chi connectivity index (χ0v) is 19.7. The average Bonchev–Trinajstić information content (AvgIpc) is 3.25. The summed E-state index contributed by atoms with van der Waals surface area (Å²) in [6.07, 6.45) is 7.21. The summed E-state index contributed by atoms with van der Waals surface area (Å²) in [6.45, 7) is 13.7. The second-order valence-corrected chi connectivity index (χ2v) is 8.62. The van der Waals surface area contributed by atoms with Gasteiger partial charge < -0.3 is 14.8 Å². The maximum atomic E-state index is 4.51. The molecule has 0 amide bonds. The van der Waals surface area contributed by atoms with Crippen molar-refractivity contribution in [2.24, 2.45) is 5.92 Å². The summed E-state index contributed by atoms with van der Waals surface area (Å²) in [5, 5.41) is 3.39. The van der Waals surface area contributed by atoms with Crippen molar-refractivity contribution in [1.82, 2.24) is 14.5 Å². The van der Waals surface area contributed by atoms with Crippen LogP contribution in [0.4, 0.5) is 5.82 Å². The number of aryl methyl sites for hydroxylation is 1. The first-order chi connectivity index (χ1) is 15.4. The molecule has 32 heavy (non-hydrogen) atoms.